The van der Waals surface area contributed by atoms with Crippen molar-refractivity contribution in [2.24, 2.45) is 7.05 Å². The lowest BCUT2D eigenvalue weighted by molar-refractivity contribution is 0.866. The number of benzene rings is 1. The summed E-state index contributed by atoms with van der Waals surface area (Å²) in [5.74, 6) is 0.596. The second-order valence-electron chi connectivity index (χ2n) is 4.82. The maximum atomic E-state index is 3.43. The lowest BCUT2D eigenvalue weighted by atomic mass is 10.0. The Bertz CT molecular complexity index is 466. The molecule has 1 aromatic carbocycles. The molecule has 0 aliphatic carbocycles. The van der Waals surface area contributed by atoms with E-state index in [9.17, 15) is 0 Å². The fraction of sp³-hybridized carbons (Fsp3) is 0.333. The topological polar surface area (TPSA) is 17.0 Å². The molecule has 1 heterocycles. The van der Waals surface area contributed by atoms with Gasteiger partial charge in [0.05, 0.1) is 0 Å². The molecule has 1 N–H and O–H groups in total. The molecule has 0 saturated heterocycles. The van der Waals surface area contributed by atoms with Gasteiger partial charge in [0.1, 0.15) is 0 Å². The van der Waals surface area contributed by atoms with Gasteiger partial charge in [-0.2, -0.15) is 0 Å². The molecule has 2 nitrogen and oxygen atoms in total. The summed E-state index contributed by atoms with van der Waals surface area (Å²) in [6, 6.07) is 10.8. The number of aromatic nitrogens is 1. The third kappa shape index (κ3) is 3.13. The molecule has 0 amide bonds. The average molecular weight is 228 g/mol. The number of hydrogen-bond acceptors (Lipinski definition) is 1. The first-order valence-electron chi connectivity index (χ1n) is 6.10. The van der Waals surface area contributed by atoms with Crippen LogP contribution in [0.5, 0.6) is 0 Å². The monoisotopic (exact) mass is 228 g/mol. The van der Waals surface area contributed by atoms with E-state index in [1.165, 1.54) is 16.8 Å². The molecule has 2 heteroatoms. The Kier molecular flexibility index (Phi) is 3.52. The van der Waals surface area contributed by atoms with Crippen LogP contribution in [0.2, 0.25) is 0 Å². The van der Waals surface area contributed by atoms with Crippen LogP contribution in [0.25, 0.3) is 0 Å². The molecule has 0 unspecified atom stereocenters. The largest absolute Gasteiger partial charge is 0.381 e. The van der Waals surface area contributed by atoms with Crippen LogP contribution in [0.3, 0.4) is 0 Å². The van der Waals surface area contributed by atoms with Crippen LogP contribution in [0.15, 0.2) is 42.7 Å². The van der Waals surface area contributed by atoms with Gasteiger partial charge in [0.25, 0.3) is 0 Å². The van der Waals surface area contributed by atoms with E-state index in [1.54, 1.807) is 0 Å². The van der Waals surface area contributed by atoms with Gasteiger partial charge in [-0.1, -0.05) is 26.0 Å². The van der Waals surface area contributed by atoms with Crippen LogP contribution < -0.4 is 5.32 Å². The molecule has 0 bridgehead atoms. The van der Waals surface area contributed by atoms with Crippen molar-refractivity contribution in [3.63, 3.8) is 0 Å². The predicted molar refractivity (Wildman–Crippen MR) is 73.3 cm³/mol. The number of aryl methyl sites for hydroxylation is 1. The van der Waals surface area contributed by atoms with Gasteiger partial charge in [0.15, 0.2) is 0 Å². The van der Waals surface area contributed by atoms with Gasteiger partial charge in [-0.15, -0.1) is 0 Å². The summed E-state index contributed by atoms with van der Waals surface area (Å²) in [5.41, 5.74) is 3.87. The Hall–Kier alpha value is -1.70. The molecule has 0 saturated carbocycles. The second kappa shape index (κ2) is 5.09. The molecule has 0 radical (unpaired) electrons. The zero-order valence-electron chi connectivity index (χ0n) is 10.8. The predicted octanol–water partition coefficient (Wildman–Crippen LogP) is 3.76. The van der Waals surface area contributed by atoms with Crippen molar-refractivity contribution >= 4 is 5.69 Å². The molecule has 1 aromatic heterocycles. The highest BCUT2D eigenvalue weighted by Gasteiger charge is 1.99. The fourth-order valence-electron chi connectivity index (χ4n) is 1.86. The van der Waals surface area contributed by atoms with Gasteiger partial charge in [-0.25, -0.2) is 0 Å². The van der Waals surface area contributed by atoms with Gasteiger partial charge >= 0.3 is 0 Å². The summed E-state index contributed by atoms with van der Waals surface area (Å²) in [6.45, 7) is 5.31. The van der Waals surface area contributed by atoms with Crippen molar-refractivity contribution in [3.05, 3.63) is 53.9 Å². The summed E-state index contributed by atoms with van der Waals surface area (Å²) in [4.78, 5) is 0. The van der Waals surface area contributed by atoms with Crippen LogP contribution in [0.1, 0.15) is 30.9 Å². The number of nitrogens with zero attached hydrogens (tertiary/aromatic N) is 1. The number of nitrogens with one attached hydrogen (secondary N) is 1. The summed E-state index contributed by atoms with van der Waals surface area (Å²) in [7, 11) is 2.04. The fourth-order valence-corrected chi connectivity index (χ4v) is 1.86. The molecule has 0 atom stereocenters. The van der Waals surface area contributed by atoms with Gasteiger partial charge in [-0.05, 0) is 35.2 Å². The molecule has 0 aliphatic rings. The Morgan fingerprint density at radius 2 is 1.82 bits per heavy atom. The first-order valence-corrected chi connectivity index (χ1v) is 6.10. The van der Waals surface area contributed by atoms with E-state index in [0.717, 1.165) is 6.54 Å². The van der Waals surface area contributed by atoms with Crippen molar-refractivity contribution < 1.29 is 0 Å². The van der Waals surface area contributed by atoms with E-state index in [2.05, 4.69) is 66.5 Å². The molecule has 0 fully saturated rings. The van der Waals surface area contributed by atoms with Gasteiger partial charge in [0, 0.05) is 31.7 Å². The lowest BCUT2D eigenvalue weighted by Crippen LogP contribution is -1.98. The van der Waals surface area contributed by atoms with Crippen molar-refractivity contribution in [1.82, 2.24) is 4.57 Å². The van der Waals surface area contributed by atoms with Gasteiger partial charge in [-0.3, -0.25) is 0 Å². The molecular formula is C15H20N2. The molecule has 0 aliphatic heterocycles. The summed E-state index contributed by atoms with van der Waals surface area (Å²) >= 11 is 0. The minimum atomic E-state index is 0.596. The molecular weight excluding hydrogens is 208 g/mol. The number of hydrogen-bond donors (Lipinski definition) is 1. The minimum absolute atomic E-state index is 0.596. The van der Waals surface area contributed by atoms with Crippen LogP contribution in [-0.2, 0) is 13.6 Å². The lowest BCUT2D eigenvalue weighted by Gasteiger charge is -2.08. The van der Waals surface area contributed by atoms with Crippen molar-refractivity contribution in [1.29, 1.82) is 0 Å². The van der Waals surface area contributed by atoms with E-state index >= 15 is 0 Å². The van der Waals surface area contributed by atoms with E-state index in [4.69, 9.17) is 0 Å². The Morgan fingerprint density at radius 1 is 1.12 bits per heavy atom. The normalized spacial score (nSPS) is 10.8. The third-order valence-electron chi connectivity index (χ3n) is 2.97. The smallest absolute Gasteiger partial charge is 0.0415 e. The van der Waals surface area contributed by atoms with Crippen molar-refractivity contribution in [2.45, 2.75) is 26.3 Å². The summed E-state index contributed by atoms with van der Waals surface area (Å²) in [6.07, 6.45) is 4.20. The summed E-state index contributed by atoms with van der Waals surface area (Å²) < 4.78 is 2.07. The highest BCUT2D eigenvalue weighted by molar-refractivity contribution is 5.45. The van der Waals surface area contributed by atoms with Crippen LogP contribution in [0.4, 0.5) is 5.69 Å². The maximum Gasteiger partial charge on any atom is 0.0415 e. The minimum Gasteiger partial charge on any atom is -0.381 e. The first kappa shape index (κ1) is 11.8. The SMILES string of the molecule is CC(C)c1ccc(NCc2ccn(C)c2)cc1. The van der Waals surface area contributed by atoms with Crippen LogP contribution >= 0.6 is 0 Å². The number of anilines is 1. The standard InChI is InChI=1S/C15H20N2/c1-12(2)14-4-6-15(7-5-14)16-10-13-8-9-17(3)11-13/h4-9,11-12,16H,10H2,1-3H3. The van der Waals surface area contributed by atoms with E-state index in [-0.39, 0.29) is 0 Å². The van der Waals surface area contributed by atoms with E-state index in [1.807, 2.05) is 7.05 Å². The molecule has 0 spiro atoms. The Balaban J connectivity index is 1.95. The molecule has 2 rings (SSSR count). The highest BCUT2D eigenvalue weighted by Crippen LogP contribution is 2.17. The number of rotatable bonds is 4. The van der Waals surface area contributed by atoms with Crippen LogP contribution in [-0.4, -0.2) is 4.57 Å². The highest BCUT2D eigenvalue weighted by atomic mass is 14.9. The van der Waals surface area contributed by atoms with Gasteiger partial charge < -0.3 is 9.88 Å². The van der Waals surface area contributed by atoms with Crippen molar-refractivity contribution in [2.75, 3.05) is 5.32 Å². The Morgan fingerprint density at radius 3 is 2.35 bits per heavy atom. The summed E-state index contributed by atoms with van der Waals surface area (Å²) in [5, 5.41) is 3.43. The van der Waals surface area contributed by atoms with Crippen molar-refractivity contribution in [3.8, 4) is 0 Å². The van der Waals surface area contributed by atoms with E-state index < -0.39 is 0 Å². The third-order valence-corrected chi connectivity index (χ3v) is 2.97. The van der Waals surface area contributed by atoms with Crippen LogP contribution in [0, 0.1) is 0 Å². The van der Waals surface area contributed by atoms with E-state index in [0.29, 0.717) is 5.92 Å². The molecule has 90 valence electrons. The second-order valence-corrected chi connectivity index (χ2v) is 4.82. The quantitative estimate of drug-likeness (QED) is 0.843. The average Bonchev–Trinajstić information content (AvgIpc) is 2.73. The molecule has 17 heavy (non-hydrogen) atoms. The maximum absolute atomic E-state index is 3.43. The zero-order valence-corrected chi connectivity index (χ0v) is 10.8. The molecule has 2 aromatic rings. The first-order chi connectivity index (χ1) is 8.15. The zero-order chi connectivity index (χ0) is 12.3. The Labute approximate surface area is 103 Å². The van der Waals surface area contributed by atoms with Gasteiger partial charge in [0.2, 0.25) is 0 Å².